The Balaban J connectivity index is 0. The van der Waals surface area contributed by atoms with Crippen molar-refractivity contribution in [2.24, 2.45) is 0 Å². The number of hydrogen-bond acceptors (Lipinski definition) is 3. The van der Waals surface area contributed by atoms with Crippen molar-refractivity contribution >= 4 is 75.8 Å². The highest BCUT2D eigenvalue weighted by Crippen LogP contribution is 2.32. The van der Waals surface area contributed by atoms with E-state index in [2.05, 4.69) is 22.6 Å². The number of hydrogen-bond donors (Lipinski definition) is 0. The van der Waals surface area contributed by atoms with Crippen molar-refractivity contribution < 1.29 is 14.3 Å². The van der Waals surface area contributed by atoms with Crippen LogP contribution in [0.2, 0.25) is 0 Å². The number of rotatable bonds is 0. The molecule has 84 valence electrons. The summed E-state index contributed by atoms with van der Waals surface area (Å²) in [6.07, 6.45) is -1.41. The molecule has 0 fully saturated rings. The van der Waals surface area contributed by atoms with Crippen LogP contribution in [0.4, 0.5) is 4.79 Å². The molecular weight excluding hydrogens is 321 g/mol. The first-order valence-electron chi connectivity index (χ1n) is 2.65. The molecule has 0 N–H and O–H groups in total. The van der Waals surface area contributed by atoms with Crippen LogP contribution >= 0.6 is 69.6 Å². The van der Waals surface area contributed by atoms with Gasteiger partial charge in [-0.15, -0.1) is 13.2 Å². The summed E-state index contributed by atoms with van der Waals surface area (Å²) in [6.45, 7) is 6.00. The minimum atomic E-state index is -2.24. The van der Waals surface area contributed by atoms with Crippen LogP contribution in [0.1, 0.15) is 0 Å². The number of carbonyl (C=O) groups excluding carboxylic acids is 1. The highest BCUT2D eigenvalue weighted by atomic mass is 35.6. The topological polar surface area (TPSA) is 35.5 Å². The molecule has 0 aromatic heterocycles. The quantitative estimate of drug-likeness (QED) is 0.371. The Hall–Kier alpha value is 0.750. The van der Waals surface area contributed by atoms with E-state index >= 15 is 0 Å². The molecule has 0 bridgehead atoms. The Morgan fingerprint density at radius 2 is 1.07 bits per heavy atom. The maximum atomic E-state index is 10.5. The monoisotopic (exact) mass is 322 g/mol. The lowest BCUT2D eigenvalue weighted by atomic mass is 11.3. The number of halogens is 6. The van der Waals surface area contributed by atoms with E-state index in [1.165, 1.54) is 0 Å². The van der Waals surface area contributed by atoms with Gasteiger partial charge >= 0.3 is 14.1 Å². The molecule has 0 saturated heterocycles. The molecule has 0 aliphatic carbocycles. The van der Waals surface area contributed by atoms with Gasteiger partial charge in [0, 0.05) is 0 Å². The van der Waals surface area contributed by atoms with Gasteiger partial charge in [-0.25, -0.2) is 4.79 Å². The molecule has 0 aromatic rings. The number of alkyl halides is 6. The van der Waals surface area contributed by atoms with Crippen LogP contribution in [-0.4, -0.2) is 14.1 Å². The summed E-state index contributed by atoms with van der Waals surface area (Å²) in [7, 11) is 0. The van der Waals surface area contributed by atoms with Gasteiger partial charge in [0.05, 0.1) is 0 Å². The second-order valence-electron chi connectivity index (χ2n) is 1.35. The Kier molecular flexibility index (Phi) is 8.69. The smallest absolute Gasteiger partial charge is 0.382 e. The lowest BCUT2D eigenvalue weighted by Crippen LogP contribution is -2.22. The lowest BCUT2D eigenvalue weighted by Gasteiger charge is -2.15. The molecule has 0 heterocycles. The van der Waals surface area contributed by atoms with E-state index in [9.17, 15) is 4.79 Å². The number of carbonyl (C=O) groups is 1. The molecule has 0 aliphatic heterocycles. The SMILES string of the molecule is C=C.O=C(OC(Cl)(Cl)Cl)OC(Cl)(Cl)Cl. The Bertz CT molecular complexity index is 165. The van der Waals surface area contributed by atoms with Crippen molar-refractivity contribution in [2.75, 3.05) is 0 Å². The van der Waals surface area contributed by atoms with Crippen molar-refractivity contribution in [1.82, 2.24) is 0 Å². The minimum Gasteiger partial charge on any atom is -0.382 e. The fourth-order valence-electron chi connectivity index (χ4n) is 0.210. The Morgan fingerprint density at radius 1 is 0.857 bits per heavy atom. The van der Waals surface area contributed by atoms with Crippen LogP contribution in [0, 0.1) is 0 Å². The average molecular weight is 325 g/mol. The molecule has 0 atom stereocenters. The molecule has 0 aromatic carbocycles. The maximum absolute atomic E-state index is 10.5. The zero-order chi connectivity index (χ0) is 12.0. The van der Waals surface area contributed by atoms with Crippen molar-refractivity contribution in [3.63, 3.8) is 0 Å². The predicted octanol–water partition coefficient (Wildman–Crippen LogP) is 4.60. The Labute approximate surface area is 111 Å². The van der Waals surface area contributed by atoms with Gasteiger partial charge in [0.1, 0.15) is 0 Å². The third-order valence-electron chi connectivity index (χ3n) is 0.398. The molecule has 0 aliphatic rings. The van der Waals surface area contributed by atoms with Gasteiger partial charge in [-0.05, 0) is 69.6 Å². The summed E-state index contributed by atoms with van der Waals surface area (Å²) < 4.78 is 3.50. The van der Waals surface area contributed by atoms with Gasteiger partial charge in [0.2, 0.25) is 0 Å². The van der Waals surface area contributed by atoms with Crippen LogP contribution in [0.25, 0.3) is 0 Å². The van der Waals surface area contributed by atoms with Gasteiger partial charge in [0.25, 0.3) is 0 Å². The third-order valence-corrected chi connectivity index (χ3v) is 0.861. The largest absolute Gasteiger partial charge is 0.515 e. The van der Waals surface area contributed by atoms with E-state index < -0.39 is 14.1 Å². The minimum absolute atomic E-state index is 1.41. The van der Waals surface area contributed by atoms with Gasteiger partial charge in [-0.1, -0.05) is 0 Å². The second kappa shape index (κ2) is 7.09. The molecule has 0 amide bonds. The van der Waals surface area contributed by atoms with Gasteiger partial charge in [-0.3, -0.25) is 0 Å². The van der Waals surface area contributed by atoms with Gasteiger partial charge in [0.15, 0.2) is 0 Å². The molecule has 14 heavy (non-hydrogen) atoms. The molecule has 9 heteroatoms. The summed E-state index contributed by atoms with van der Waals surface area (Å²) in [5.74, 6) is 0. The first-order chi connectivity index (χ1) is 6.10. The van der Waals surface area contributed by atoms with Crippen LogP contribution < -0.4 is 0 Å². The van der Waals surface area contributed by atoms with Crippen molar-refractivity contribution in [3.8, 4) is 0 Å². The third kappa shape index (κ3) is 15.2. The van der Waals surface area contributed by atoms with Crippen LogP contribution in [-0.2, 0) is 9.47 Å². The standard InChI is InChI=1S/C3Cl6O3.C2H4/c4-2(5,6)11-1(10)12-3(7,8)9;1-2/h;1-2H2. The highest BCUT2D eigenvalue weighted by molar-refractivity contribution is 6.67. The Morgan fingerprint density at radius 3 is 1.21 bits per heavy atom. The van der Waals surface area contributed by atoms with Crippen LogP contribution in [0.15, 0.2) is 13.2 Å². The lowest BCUT2D eigenvalue weighted by molar-refractivity contribution is 0.0508. The summed E-state index contributed by atoms with van der Waals surface area (Å²) in [4.78, 5) is 10.5. The second-order valence-corrected chi connectivity index (χ2v) is 5.70. The van der Waals surface area contributed by atoms with E-state index in [1.807, 2.05) is 0 Å². The summed E-state index contributed by atoms with van der Waals surface area (Å²) in [5, 5.41) is 0. The first kappa shape index (κ1) is 17.2. The van der Waals surface area contributed by atoms with Gasteiger partial charge in [-0.2, -0.15) is 0 Å². The van der Waals surface area contributed by atoms with E-state index in [1.54, 1.807) is 0 Å². The predicted molar refractivity (Wildman–Crippen MR) is 59.4 cm³/mol. The molecule has 3 nitrogen and oxygen atoms in total. The van der Waals surface area contributed by atoms with Gasteiger partial charge < -0.3 is 9.47 Å². The first-order valence-corrected chi connectivity index (χ1v) is 4.92. The molecular formula is C5H4Cl6O3. The fourth-order valence-corrected chi connectivity index (χ4v) is 0.588. The normalized spacial score (nSPS) is 11.0. The average Bonchev–Trinajstić information content (AvgIpc) is 1.82. The van der Waals surface area contributed by atoms with E-state index in [0.717, 1.165) is 0 Å². The van der Waals surface area contributed by atoms with Crippen molar-refractivity contribution in [2.45, 2.75) is 7.96 Å². The highest BCUT2D eigenvalue weighted by Gasteiger charge is 2.32. The fraction of sp³-hybridized carbons (Fsp3) is 0.400. The zero-order valence-electron chi connectivity index (χ0n) is 6.41. The van der Waals surface area contributed by atoms with E-state index in [4.69, 9.17) is 69.6 Å². The zero-order valence-corrected chi connectivity index (χ0v) is 10.9. The molecule has 0 spiro atoms. The summed E-state index contributed by atoms with van der Waals surface area (Å²) >= 11 is 30.2. The molecule has 0 rings (SSSR count). The van der Waals surface area contributed by atoms with Crippen LogP contribution in [0.3, 0.4) is 0 Å². The molecule has 0 radical (unpaired) electrons. The van der Waals surface area contributed by atoms with Crippen molar-refractivity contribution in [1.29, 1.82) is 0 Å². The molecule has 0 saturated carbocycles. The van der Waals surface area contributed by atoms with Crippen molar-refractivity contribution in [3.05, 3.63) is 13.2 Å². The van der Waals surface area contributed by atoms with E-state index in [0.29, 0.717) is 0 Å². The maximum Gasteiger partial charge on any atom is 0.515 e. The van der Waals surface area contributed by atoms with Crippen LogP contribution in [0.5, 0.6) is 0 Å². The summed E-state index contributed by atoms with van der Waals surface area (Å²) in [5.41, 5.74) is 0. The van der Waals surface area contributed by atoms with E-state index in [-0.39, 0.29) is 0 Å². The summed E-state index contributed by atoms with van der Waals surface area (Å²) in [6, 6.07) is 0. The number of ether oxygens (including phenoxy) is 2. The molecule has 0 unspecified atom stereocenters.